The van der Waals surface area contributed by atoms with Gasteiger partial charge in [0.2, 0.25) is 11.8 Å². The Labute approximate surface area is 119 Å². The number of ether oxygens (including phenoxy) is 1. The van der Waals surface area contributed by atoms with E-state index in [1.807, 2.05) is 4.90 Å². The van der Waals surface area contributed by atoms with Gasteiger partial charge in [-0.05, 0) is 31.4 Å². The highest BCUT2D eigenvalue weighted by atomic mass is 16.5. The molecule has 110 valence electrons. The van der Waals surface area contributed by atoms with Crippen molar-refractivity contribution in [3.05, 3.63) is 12.1 Å². The minimum absolute atomic E-state index is 0.208. The number of hydrogen-bond donors (Lipinski definition) is 2. The Morgan fingerprint density at radius 3 is 2.85 bits per heavy atom. The van der Waals surface area contributed by atoms with Crippen molar-refractivity contribution in [2.75, 3.05) is 37.8 Å². The fourth-order valence-corrected chi connectivity index (χ4v) is 2.31. The third-order valence-electron chi connectivity index (χ3n) is 3.44. The zero-order valence-electron chi connectivity index (χ0n) is 11.9. The quantitative estimate of drug-likeness (QED) is 0.853. The molecule has 0 saturated carbocycles. The van der Waals surface area contributed by atoms with Gasteiger partial charge in [-0.2, -0.15) is 4.98 Å². The van der Waals surface area contributed by atoms with E-state index in [1.54, 1.807) is 12.1 Å². The Bertz CT molecular complexity index is 458. The van der Waals surface area contributed by atoms with E-state index in [0.29, 0.717) is 30.4 Å². The number of carbonyl (C=O) groups excluding carboxylic acids is 1. The zero-order valence-corrected chi connectivity index (χ0v) is 11.9. The van der Waals surface area contributed by atoms with E-state index in [9.17, 15) is 4.79 Å². The van der Waals surface area contributed by atoms with Crippen LogP contribution in [0.4, 0.5) is 11.5 Å². The maximum absolute atomic E-state index is 12.0. The van der Waals surface area contributed by atoms with Crippen molar-refractivity contribution < 1.29 is 9.53 Å². The number of nitrogens with two attached hydrogens (primary N) is 1. The summed E-state index contributed by atoms with van der Waals surface area (Å²) in [5.41, 5.74) is 6.20. The van der Waals surface area contributed by atoms with Crippen molar-refractivity contribution in [2.24, 2.45) is 0 Å². The van der Waals surface area contributed by atoms with E-state index in [0.717, 1.165) is 25.9 Å². The van der Waals surface area contributed by atoms with E-state index in [2.05, 4.69) is 10.3 Å². The second-order valence-electron chi connectivity index (χ2n) is 4.91. The predicted molar refractivity (Wildman–Crippen MR) is 78.7 cm³/mol. The smallest absolute Gasteiger partial charge is 0.238 e. The summed E-state index contributed by atoms with van der Waals surface area (Å²) in [6.45, 7) is 2.36. The first-order chi connectivity index (χ1) is 9.70. The van der Waals surface area contributed by atoms with E-state index < -0.39 is 0 Å². The van der Waals surface area contributed by atoms with Gasteiger partial charge in [0.25, 0.3) is 0 Å². The van der Waals surface area contributed by atoms with Gasteiger partial charge in [0.15, 0.2) is 0 Å². The van der Waals surface area contributed by atoms with Gasteiger partial charge in [-0.3, -0.25) is 4.79 Å². The molecule has 1 aromatic rings. The van der Waals surface area contributed by atoms with Crippen molar-refractivity contribution in [1.82, 2.24) is 9.88 Å². The van der Waals surface area contributed by atoms with E-state index in [-0.39, 0.29) is 5.91 Å². The molecule has 1 saturated heterocycles. The number of pyridine rings is 1. The highest BCUT2D eigenvalue weighted by Crippen LogP contribution is 2.20. The second kappa shape index (κ2) is 6.98. The lowest BCUT2D eigenvalue weighted by Crippen LogP contribution is -2.36. The molecule has 1 fully saturated rings. The minimum atomic E-state index is 0.208. The van der Waals surface area contributed by atoms with Gasteiger partial charge < -0.3 is 20.7 Å². The maximum atomic E-state index is 12.0. The molecule has 0 radical (unpaired) electrons. The Kier molecular flexibility index (Phi) is 5.03. The van der Waals surface area contributed by atoms with Crippen LogP contribution in [0.1, 0.15) is 25.7 Å². The van der Waals surface area contributed by atoms with Crippen molar-refractivity contribution in [3.63, 3.8) is 0 Å². The molecule has 20 heavy (non-hydrogen) atoms. The molecule has 0 atom stereocenters. The molecule has 1 amide bonds. The summed E-state index contributed by atoms with van der Waals surface area (Å²) in [5, 5.41) is 3.12. The largest absolute Gasteiger partial charge is 0.479 e. The summed E-state index contributed by atoms with van der Waals surface area (Å²) in [6.07, 6.45) is 3.96. The first-order valence-corrected chi connectivity index (χ1v) is 7.03. The van der Waals surface area contributed by atoms with Gasteiger partial charge in [-0.1, -0.05) is 0 Å². The van der Waals surface area contributed by atoms with Crippen molar-refractivity contribution in [2.45, 2.75) is 25.7 Å². The number of nitrogens with one attached hydrogen (secondary N) is 1. The number of rotatable bonds is 5. The predicted octanol–water partition coefficient (Wildman–Crippen LogP) is 1.49. The van der Waals surface area contributed by atoms with Crippen molar-refractivity contribution in [1.29, 1.82) is 0 Å². The topological polar surface area (TPSA) is 80.5 Å². The van der Waals surface area contributed by atoms with Crippen LogP contribution in [0.3, 0.4) is 0 Å². The molecular formula is C14H22N4O2. The minimum Gasteiger partial charge on any atom is -0.479 e. The molecule has 0 bridgehead atoms. The number of hydrogen-bond acceptors (Lipinski definition) is 5. The Morgan fingerprint density at radius 2 is 2.15 bits per heavy atom. The second-order valence-corrected chi connectivity index (χ2v) is 4.91. The fourth-order valence-electron chi connectivity index (χ4n) is 2.31. The Balaban J connectivity index is 1.79. The van der Waals surface area contributed by atoms with Crippen LogP contribution < -0.4 is 15.8 Å². The van der Waals surface area contributed by atoms with Crippen LogP contribution in [0, 0.1) is 0 Å². The van der Waals surface area contributed by atoms with Crippen LogP contribution in [0.5, 0.6) is 5.88 Å². The van der Waals surface area contributed by atoms with Crippen LogP contribution in [-0.2, 0) is 4.79 Å². The maximum Gasteiger partial charge on any atom is 0.238 e. The number of carbonyl (C=O) groups is 1. The highest BCUT2D eigenvalue weighted by Gasteiger charge is 2.15. The molecule has 0 unspecified atom stereocenters. The van der Waals surface area contributed by atoms with Crippen LogP contribution in [0.15, 0.2) is 12.1 Å². The SMILES string of the molecule is COc1nc(NCCC(=O)N2CCCCC2)ccc1N. The molecule has 2 heterocycles. The van der Waals surface area contributed by atoms with Crippen LogP contribution in [-0.4, -0.2) is 42.5 Å². The molecule has 1 aliphatic rings. The standard InChI is InChI=1S/C14H22N4O2/c1-20-14-11(15)5-6-12(17-14)16-8-7-13(19)18-9-3-2-4-10-18/h5-6H,2-4,7-10,15H2,1H3,(H,16,17). The molecule has 6 nitrogen and oxygen atoms in total. The van der Waals surface area contributed by atoms with Gasteiger partial charge in [-0.25, -0.2) is 0 Å². The van der Waals surface area contributed by atoms with Gasteiger partial charge in [0.1, 0.15) is 5.82 Å². The van der Waals surface area contributed by atoms with Gasteiger partial charge in [0.05, 0.1) is 12.8 Å². The molecule has 6 heteroatoms. The summed E-state index contributed by atoms with van der Waals surface area (Å²) in [7, 11) is 1.53. The molecule has 3 N–H and O–H groups in total. The first-order valence-electron chi connectivity index (χ1n) is 7.03. The third-order valence-corrected chi connectivity index (χ3v) is 3.44. The van der Waals surface area contributed by atoms with Crippen LogP contribution in [0.2, 0.25) is 0 Å². The fraction of sp³-hybridized carbons (Fsp3) is 0.571. The average molecular weight is 278 g/mol. The summed E-state index contributed by atoms with van der Waals surface area (Å²) in [6, 6.07) is 3.52. The zero-order chi connectivity index (χ0) is 14.4. The monoisotopic (exact) mass is 278 g/mol. The third kappa shape index (κ3) is 3.76. The Morgan fingerprint density at radius 1 is 1.40 bits per heavy atom. The summed E-state index contributed by atoms with van der Waals surface area (Å²) < 4.78 is 5.06. The van der Waals surface area contributed by atoms with Crippen LogP contribution >= 0.6 is 0 Å². The molecule has 2 rings (SSSR count). The molecule has 0 aromatic carbocycles. The number of piperidine rings is 1. The Hall–Kier alpha value is -1.98. The number of nitrogens with zero attached hydrogens (tertiary/aromatic N) is 2. The number of amides is 1. The first kappa shape index (κ1) is 14.4. The molecule has 0 spiro atoms. The van der Waals surface area contributed by atoms with Crippen LogP contribution in [0.25, 0.3) is 0 Å². The molecule has 1 aliphatic heterocycles. The molecule has 1 aromatic heterocycles. The summed E-state index contributed by atoms with van der Waals surface area (Å²) in [5.74, 6) is 1.28. The van der Waals surface area contributed by atoms with E-state index >= 15 is 0 Å². The van der Waals surface area contributed by atoms with Crippen molar-refractivity contribution >= 4 is 17.4 Å². The summed E-state index contributed by atoms with van der Waals surface area (Å²) >= 11 is 0. The number of likely N-dealkylation sites (tertiary alicyclic amines) is 1. The highest BCUT2D eigenvalue weighted by molar-refractivity contribution is 5.76. The number of nitrogen functional groups attached to an aromatic ring is 1. The lowest BCUT2D eigenvalue weighted by atomic mass is 10.1. The lowest BCUT2D eigenvalue weighted by molar-refractivity contribution is -0.131. The van der Waals surface area contributed by atoms with E-state index in [4.69, 9.17) is 10.5 Å². The number of methoxy groups -OCH3 is 1. The number of anilines is 2. The molecule has 0 aliphatic carbocycles. The lowest BCUT2D eigenvalue weighted by Gasteiger charge is -2.26. The molecular weight excluding hydrogens is 256 g/mol. The van der Waals surface area contributed by atoms with Crippen molar-refractivity contribution in [3.8, 4) is 5.88 Å². The van der Waals surface area contributed by atoms with Gasteiger partial charge in [0, 0.05) is 26.1 Å². The van der Waals surface area contributed by atoms with Gasteiger partial charge in [-0.15, -0.1) is 0 Å². The average Bonchev–Trinajstić information content (AvgIpc) is 2.49. The van der Waals surface area contributed by atoms with E-state index in [1.165, 1.54) is 13.5 Å². The van der Waals surface area contributed by atoms with Gasteiger partial charge >= 0.3 is 0 Å². The summed E-state index contributed by atoms with van der Waals surface area (Å²) in [4.78, 5) is 18.1. The number of aromatic nitrogens is 1. The normalized spacial score (nSPS) is 14.9.